The molecule has 4 rings (SSSR count). The average molecular weight is 325 g/mol. The number of benzene rings is 2. The summed E-state index contributed by atoms with van der Waals surface area (Å²) in [4.78, 5) is 4.06. The quantitative estimate of drug-likeness (QED) is 0.579. The largest absolute Gasteiger partial charge is 0.354 e. The van der Waals surface area contributed by atoms with Crippen LogP contribution in [-0.4, -0.2) is 15.2 Å². The van der Waals surface area contributed by atoms with Gasteiger partial charge in [0.15, 0.2) is 0 Å². The number of fused-ring (bicyclic) bond motifs is 1. The highest BCUT2D eigenvalue weighted by atomic mass is 15.1. The molecule has 4 aromatic rings. The molecule has 0 radical (unpaired) electrons. The van der Waals surface area contributed by atoms with Crippen LogP contribution in [0.15, 0.2) is 60.9 Å². The molecule has 25 heavy (non-hydrogen) atoms. The van der Waals surface area contributed by atoms with Crippen LogP contribution in [0.4, 0.5) is 11.4 Å². The Labute approximate surface area is 145 Å². The lowest BCUT2D eigenvalue weighted by atomic mass is 10.1. The number of hydrogen-bond donors (Lipinski definition) is 2. The Kier molecular flexibility index (Phi) is 3.64. The van der Waals surface area contributed by atoms with Gasteiger partial charge in [0.25, 0.3) is 0 Å². The van der Waals surface area contributed by atoms with E-state index in [1.165, 1.54) is 0 Å². The highest BCUT2D eigenvalue weighted by molar-refractivity contribution is 5.95. The molecule has 0 aliphatic carbocycles. The monoisotopic (exact) mass is 325 g/mol. The Bertz CT molecular complexity index is 1090. The molecule has 5 nitrogen and oxygen atoms in total. The van der Waals surface area contributed by atoms with Gasteiger partial charge in [-0.2, -0.15) is 10.4 Å². The lowest BCUT2D eigenvalue weighted by Gasteiger charge is -2.10. The van der Waals surface area contributed by atoms with Crippen molar-refractivity contribution >= 4 is 22.3 Å². The number of aryl methyl sites for hydroxylation is 1. The SMILES string of the molecule is Cc1cccc(Nc2ccc3[nH]nc(-c4ccncc4)c3c2)c1C#N. The predicted molar refractivity (Wildman–Crippen MR) is 98.5 cm³/mol. The van der Waals surface area contributed by atoms with Gasteiger partial charge >= 0.3 is 0 Å². The molecular formula is C20H15N5. The third-order valence-electron chi connectivity index (χ3n) is 4.18. The first-order valence-corrected chi connectivity index (χ1v) is 7.91. The van der Waals surface area contributed by atoms with Crippen LogP contribution in [0.25, 0.3) is 22.2 Å². The number of nitriles is 1. The minimum absolute atomic E-state index is 0.657. The van der Waals surface area contributed by atoms with Gasteiger partial charge in [0.05, 0.1) is 16.8 Å². The van der Waals surface area contributed by atoms with Gasteiger partial charge < -0.3 is 5.32 Å². The van der Waals surface area contributed by atoms with Gasteiger partial charge in [0, 0.05) is 29.0 Å². The summed E-state index contributed by atoms with van der Waals surface area (Å²) < 4.78 is 0. The molecule has 0 unspecified atom stereocenters. The number of aromatic amines is 1. The summed E-state index contributed by atoms with van der Waals surface area (Å²) in [5, 5.41) is 21.2. The first-order valence-electron chi connectivity index (χ1n) is 7.91. The van der Waals surface area contributed by atoms with Gasteiger partial charge in [-0.15, -0.1) is 0 Å². The van der Waals surface area contributed by atoms with Crippen LogP contribution in [0.2, 0.25) is 0 Å². The zero-order valence-electron chi connectivity index (χ0n) is 13.6. The summed E-state index contributed by atoms with van der Waals surface area (Å²) in [5.74, 6) is 0. The van der Waals surface area contributed by atoms with E-state index in [-0.39, 0.29) is 0 Å². The number of anilines is 2. The lowest BCUT2D eigenvalue weighted by molar-refractivity contribution is 1.12. The number of H-pyrrole nitrogens is 1. The lowest BCUT2D eigenvalue weighted by Crippen LogP contribution is -1.95. The summed E-state index contributed by atoms with van der Waals surface area (Å²) in [5.41, 5.74) is 6.17. The fraction of sp³-hybridized carbons (Fsp3) is 0.0500. The van der Waals surface area contributed by atoms with Crippen LogP contribution in [0.3, 0.4) is 0 Å². The van der Waals surface area contributed by atoms with Crippen molar-refractivity contribution in [1.29, 1.82) is 5.26 Å². The van der Waals surface area contributed by atoms with Gasteiger partial charge in [-0.05, 0) is 48.9 Å². The average Bonchev–Trinajstić information content (AvgIpc) is 3.06. The van der Waals surface area contributed by atoms with Crippen molar-refractivity contribution in [3.05, 3.63) is 72.1 Å². The zero-order valence-corrected chi connectivity index (χ0v) is 13.6. The summed E-state index contributed by atoms with van der Waals surface area (Å²) in [6.45, 7) is 1.94. The minimum atomic E-state index is 0.657. The molecule has 120 valence electrons. The number of rotatable bonds is 3. The predicted octanol–water partition coefficient (Wildman–Crippen LogP) is 4.55. The molecule has 0 saturated heterocycles. The van der Waals surface area contributed by atoms with Crippen LogP contribution in [0.1, 0.15) is 11.1 Å². The van der Waals surface area contributed by atoms with Crippen molar-refractivity contribution in [2.45, 2.75) is 6.92 Å². The molecule has 0 aliphatic rings. The van der Waals surface area contributed by atoms with Crippen LogP contribution in [0, 0.1) is 18.3 Å². The highest BCUT2D eigenvalue weighted by Gasteiger charge is 2.10. The fourth-order valence-corrected chi connectivity index (χ4v) is 2.90. The zero-order chi connectivity index (χ0) is 17.2. The molecule has 2 N–H and O–H groups in total. The minimum Gasteiger partial charge on any atom is -0.354 e. The van der Waals surface area contributed by atoms with Gasteiger partial charge in [-0.25, -0.2) is 0 Å². The second-order valence-electron chi connectivity index (χ2n) is 5.80. The summed E-state index contributed by atoms with van der Waals surface area (Å²) in [6, 6.07) is 17.9. The van der Waals surface area contributed by atoms with E-state index in [1.54, 1.807) is 12.4 Å². The van der Waals surface area contributed by atoms with E-state index in [1.807, 2.05) is 55.5 Å². The summed E-state index contributed by atoms with van der Waals surface area (Å²) >= 11 is 0. The maximum atomic E-state index is 9.40. The standard InChI is InChI=1S/C20H15N5/c1-13-3-2-4-18(17(13)12-21)23-15-5-6-19-16(11-15)20(25-24-19)14-7-9-22-10-8-14/h2-11,23H,1H3,(H,24,25). The van der Waals surface area contributed by atoms with Crippen molar-refractivity contribution in [3.8, 4) is 17.3 Å². The fourth-order valence-electron chi connectivity index (χ4n) is 2.90. The number of pyridine rings is 1. The van der Waals surface area contributed by atoms with E-state index >= 15 is 0 Å². The van der Waals surface area contributed by atoms with Crippen LogP contribution in [0.5, 0.6) is 0 Å². The Hall–Kier alpha value is -3.65. The molecule has 2 aromatic carbocycles. The number of nitrogens with zero attached hydrogens (tertiary/aromatic N) is 3. The van der Waals surface area contributed by atoms with Gasteiger partial charge in [-0.1, -0.05) is 12.1 Å². The smallest absolute Gasteiger partial charge is 0.102 e. The third kappa shape index (κ3) is 2.70. The Morgan fingerprint density at radius 1 is 1.08 bits per heavy atom. The maximum Gasteiger partial charge on any atom is 0.102 e. The summed E-state index contributed by atoms with van der Waals surface area (Å²) in [6.07, 6.45) is 3.51. The normalized spacial score (nSPS) is 10.6. The van der Waals surface area contributed by atoms with Gasteiger partial charge in [0.2, 0.25) is 0 Å². The molecular weight excluding hydrogens is 310 g/mol. The molecule has 2 heterocycles. The molecule has 0 aliphatic heterocycles. The highest BCUT2D eigenvalue weighted by Crippen LogP contribution is 2.30. The van der Waals surface area contributed by atoms with Gasteiger partial charge in [-0.3, -0.25) is 10.1 Å². The van der Waals surface area contributed by atoms with E-state index in [9.17, 15) is 5.26 Å². The van der Waals surface area contributed by atoms with E-state index in [0.717, 1.165) is 39.1 Å². The van der Waals surface area contributed by atoms with Crippen molar-refractivity contribution < 1.29 is 0 Å². The van der Waals surface area contributed by atoms with Crippen molar-refractivity contribution in [3.63, 3.8) is 0 Å². The Balaban J connectivity index is 1.78. The molecule has 0 fully saturated rings. The summed E-state index contributed by atoms with van der Waals surface area (Å²) in [7, 11) is 0. The molecule has 0 atom stereocenters. The molecule has 0 bridgehead atoms. The second-order valence-corrected chi connectivity index (χ2v) is 5.80. The van der Waals surface area contributed by atoms with E-state index in [0.29, 0.717) is 5.56 Å². The van der Waals surface area contributed by atoms with E-state index in [4.69, 9.17) is 0 Å². The molecule has 0 spiro atoms. The first kappa shape index (κ1) is 14.9. The van der Waals surface area contributed by atoms with Crippen LogP contribution in [-0.2, 0) is 0 Å². The maximum absolute atomic E-state index is 9.40. The number of aromatic nitrogens is 3. The van der Waals surface area contributed by atoms with Crippen molar-refractivity contribution in [1.82, 2.24) is 15.2 Å². The van der Waals surface area contributed by atoms with Gasteiger partial charge in [0.1, 0.15) is 11.8 Å². The number of hydrogen-bond acceptors (Lipinski definition) is 4. The van der Waals surface area contributed by atoms with E-state index < -0.39 is 0 Å². The first-order chi connectivity index (χ1) is 12.3. The van der Waals surface area contributed by atoms with Crippen molar-refractivity contribution in [2.75, 3.05) is 5.32 Å². The topological polar surface area (TPSA) is 77.4 Å². The van der Waals surface area contributed by atoms with Crippen LogP contribution >= 0.6 is 0 Å². The molecule has 5 heteroatoms. The molecule has 0 saturated carbocycles. The Morgan fingerprint density at radius 3 is 2.72 bits per heavy atom. The van der Waals surface area contributed by atoms with Crippen LogP contribution < -0.4 is 5.32 Å². The Morgan fingerprint density at radius 2 is 1.92 bits per heavy atom. The molecule has 2 aromatic heterocycles. The molecule has 0 amide bonds. The number of nitrogens with one attached hydrogen (secondary N) is 2. The van der Waals surface area contributed by atoms with Crippen molar-refractivity contribution in [2.24, 2.45) is 0 Å². The second kappa shape index (κ2) is 6.10. The third-order valence-corrected chi connectivity index (χ3v) is 4.18. The van der Waals surface area contributed by atoms with E-state index in [2.05, 4.69) is 26.6 Å².